The van der Waals surface area contributed by atoms with Crippen LogP contribution in [0.2, 0.25) is 0 Å². The number of pyridine rings is 1. The quantitative estimate of drug-likeness (QED) is 0.335. The van der Waals surface area contributed by atoms with Crippen molar-refractivity contribution >= 4 is 34.2 Å². The summed E-state index contributed by atoms with van der Waals surface area (Å²) in [5, 5.41) is 11.1. The van der Waals surface area contributed by atoms with Crippen LogP contribution in [0.1, 0.15) is 11.3 Å². The number of halogens is 2. The Morgan fingerprint density at radius 1 is 1.73 bits per heavy atom. The lowest BCUT2D eigenvalue weighted by atomic mass is 10.2. The van der Waals surface area contributed by atoms with E-state index in [1.165, 1.54) is 6.20 Å². The number of alkyl halides is 1. The van der Waals surface area contributed by atoms with Crippen molar-refractivity contribution in [2.45, 2.75) is 12.8 Å². The van der Waals surface area contributed by atoms with Gasteiger partial charge in [-0.1, -0.05) is 0 Å². The van der Waals surface area contributed by atoms with Crippen molar-refractivity contribution < 1.29 is 4.73 Å². The highest BCUT2D eigenvalue weighted by atomic mass is 127. The maximum Gasteiger partial charge on any atom is 0.211 e. The third kappa shape index (κ3) is 1.76. The van der Waals surface area contributed by atoms with Crippen molar-refractivity contribution in [3.8, 4) is 0 Å². The van der Waals surface area contributed by atoms with Gasteiger partial charge in [0.15, 0.2) is 6.20 Å². The molecule has 0 bridgehead atoms. The summed E-state index contributed by atoms with van der Waals surface area (Å²) in [5.41, 5.74) is 1.61. The van der Waals surface area contributed by atoms with Crippen LogP contribution in [-0.4, -0.2) is 0 Å². The number of aromatic nitrogens is 1. The van der Waals surface area contributed by atoms with Crippen LogP contribution < -0.4 is 4.73 Å². The maximum atomic E-state index is 11.1. The summed E-state index contributed by atoms with van der Waals surface area (Å²) in [7, 11) is 0. The monoisotopic (exact) mass is 283 g/mol. The van der Waals surface area contributed by atoms with Crippen LogP contribution in [0.4, 0.5) is 0 Å². The van der Waals surface area contributed by atoms with Crippen LogP contribution in [0.5, 0.6) is 0 Å². The van der Waals surface area contributed by atoms with Gasteiger partial charge in [0.25, 0.3) is 0 Å². The van der Waals surface area contributed by atoms with Gasteiger partial charge in [-0.25, -0.2) is 0 Å². The van der Waals surface area contributed by atoms with E-state index in [1.54, 1.807) is 6.07 Å². The molecule has 0 N–H and O–H groups in total. The lowest BCUT2D eigenvalue weighted by molar-refractivity contribution is -0.613. The number of hydrogen-bond acceptors (Lipinski definition) is 1. The Morgan fingerprint density at radius 3 is 2.82 bits per heavy atom. The van der Waals surface area contributed by atoms with Crippen molar-refractivity contribution in [2.24, 2.45) is 0 Å². The van der Waals surface area contributed by atoms with Gasteiger partial charge >= 0.3 is 0 Å². The molecule has 4 heteroatoms. The van der Waals surface area contributed by atoms with Crippen molar-refractivity contribution in [1.82, 2.24) is 0 Å². The topological polar surface area (TPSA) is 26.9 Å². The standard InChI is InChI=1S/C7H7ClINO/c1-5-6(9)2-3-10(11)7(5)4-8/h2-3H,4H2,1H3. The summed E-state index contributed by atoms with van der Waals surface area (Å²) in [6, 6.07) is 1.78. The molecule has 1 aromatic rings. The average molecular weight is 283 g/mol. The summed E-state index contributed by atoms with van der Waals surface area (Å²) >= 11 is 7.76. The zero-order valence-corrected chi connectivity index (χ0v) is 8.89. The third-order valence-electron chi connectivity index (χ3n) is 1.54. The molecule has 0 atom stereocenters. The first kappa shape index (κ1) is 9.06. The molecular formula is C7H7ClINO. The van der Waals surface area contributed by atoms with E-state index in [0.29, 0.717) is 5.69 Å². The van der Waals surface area contributed by atoms with Gasteiger partial charge in [0, 0.05) is 15.2 Å². The third-order valence-corrected chi connectivity index (χ3v) is 2.96. The summed E-state index contributed by atoms with van der Waals surface area (Å²) in [6.07, 6.45) is 1.48. The van der Waals surface area contributed by atoms with E-state index < -0.39 is 0 Å². The summed E-state index contributed by atoms with van der Waals surface area (Å²) in [4.78, 5) is 0. The zero-order chi connectivity index (χ0) is 8.43. The molecule has 11 heavy (non-hydrogen) atoms. The van der Waals surface area contributed by atoms with Gasteiger partial charge in [0.2, 0.25) is 5.69 Å². The van der Waals surface area contributed by atoms with E-state index in [2.05, 4.69) is 22.6 Å². The van der Waals surface area contributed by atoms with E-state index >= 15 is 0 Å². The highest BCUT2D eigenvalue weighted by Gasteiger charge is 2.09. The fraction of sp³-hybridized carbons (Fsp3) is 0.286. The molecule has 1 rings (SSSR count). The minimum absolute atomic E-state index is 0.270. The highest BCUT2D eigenvalue weighted by Crippen LogP contribution is 2.13. The Kier molecular flexibility index (Phi) is 2.95. The Hall–Kier alpha value is -0.0300. The van der Waals surface area contributed by atoms with Gasteiger partial charge in [-0.3, -0.25) is 0 Å². The Labute approximate surface area is 83.9 Å². The summed E-state index contributed by atoms with van der Waals surface area (Å²) < 4.78 is 1.88. The summed E-state index contributed by atoms with van der Waals surface area (Å²) in [5.74, 6) is 0.270. The first-order chi connectivity index (χ1) is 5.16. The SMILES string of the molecule is Cc1c(I)cc[n+]([O-])c1CCl. The molecule has 1 aromatic heterocycles. The second kappa shape index (κ2) is 3.58. The molecule has 0 aromatic carbocycles. The second-order valence-electron chi connectivity index (χ2n) is 2.19. The van der Waals surface area contributed by atoms with Crippen LogP contribution >= 0.6 is 34.2 Å². The van der Waals surface area contributed by atoms with E-state index in [0.717, 1.165) is 13.9 Å². The fourth-order valence-electron chi connectivity index (χ4n) is 0.810. The fourth-order valence-corrected chi connectivity index (χ4v) is 1.60. The van der Waals surface area contributed by atoms with Gasteiger partial charge in [-0.05, 0) is 29.5 Å². The van der Waals surface area contributed by atoms with Crippen LogP contribution in [0, 0.1) is 15.7 Å². The molecule has 0 spiro atoms. The summed E-state index contributed by atoms with van der Waals surface area (Å²) in [6.45, 7) is 1.90. The van der Waals surface area contributed by atoms with Gasteiger partial charge in [-0.2, -0.15) is 4.73 Å². The number of rotatable bonds is 1. The maximum absolute atomic E-state index is 11.1. The molecule has 0 saturated carbocycles. The average Bonchev–Trinajstić information content (AvgIpc) is 1.99. The van der Waals surface area contributed by atoms with E-state index in [-0.39, 0.29) is 5.88 Å². The normalized spacial score (nSPS) is 10.1. The molecule has 0 aliphatic rings. The number of nitrogens with zero attached hydrogens (tertiary/aromatic N) is 1. The highest BCUT2D eigenvalue weighted by molar-refractivity contribution is 14.1. The van der Waals surface area contributed by atoms with E-state index in [9.17, 15) is 5.21 Å². The molecule has 0 saturated heterocycles. The Morgan fingerprint density at radius 2 is 2.36 bits per heavy atom. The Bertz CT molecular complexity index is 277. The lowest BCUT2D eigenvalue weighted by Crippen LogP contribution is -2.32. The largest absolute Gasteiger partial charge is 0.618 e. The second-order valence-corrected chi connectivity index (χ2v) is 3.62. The van der Waals surface area contributed by atoms with Crippen molar-refractivity contribution in [2.75, 3.05) is 0 Å². The molecule has 2 nitrogen and oxygen atoms in total. The Balaban J connectivity index is 3.29. The molecule has 0 fully saturated rings. The lowest BCUT2D eigenvalue weighted by Gasteiger charge is -2.05. The van der Waals surface area contributed by atoms with Gasteiger partial charge in [0.05, 0.1) is 0 Å². The molecule has 60 valence electrons. The van der Waals surface area contributed by atoms with Gasteiger partial charge < -0.3 is 5.21 Å². The predicted octanol–water partition coefficient (Wildman–Crippen LogP) is 1.97. The first-order valence-corrected chi connectivity index (χ1v) is 4.71. The van der Waals surface area contributed by atoms with E-state index in [4.69, 9.17) is 11.6 Å². The molecule has 0 radical (unpaired) electrons. The molecule has 0 amide bonds. The zero-order valence-electron chi connectivity index (χ0n) is 5.97. The molecular weight excluding hydrogens is 276 g/mol. The minimum atomic E-state index is 0.270. The van der Waals surface area contributed by atoms with Gasteiger partial charge in [-0.15, -0.1) is 11.6 Å². The van der Waals surface area contributed by atoms with Crippen LogP contribution in [0.15, 0.2) is 12.3 Å². The molecule has 0 aliphatic heterocycles. The van der Waals surface area contributed by atoms with Crippen LogP contribution in [-0.2, 0) is 5.88 Å². The number of hydrogen-bond donors (Lipinski definition) is 0. The van der Waals surface area contributed by atoms with Gasteiger partial charge in [0.1, 0.15) is 5.88 Å². The van der Waals surface area contributed by atoms with Crippen molar-refractivity contribution in [1.29, 1.82) is 0 Å². The predicted molar refractivity (Wildman–Crippen MR) is 52.4 cm³/mol. The van der Waals surface area contributed by atoms with Crippen molar-refractivity contribution in [3.63, 3.8) is 0 Å². The van der Waals surface area contributed by atoms with Crippen molar-refractivity contribution in [3.05, 3.63) is 32.3 Å². The molecule has 0 unspecified atom stereocenters. The van der Waals surface area contributed by atoms with Crippen LogP contribution in [0.25, 0.3) is 0 Å². The smallest absolute Gasteiger partial charge is 0.211 e. The molecule has 1 heterocycles. The van der Waals surface area contributed by atoms with E-state index in [1.807, 2.05) is 6.92 Å². The first-order valence-electron chi connectivity index (χ1n) is 3.10. The molecule has 0 aliphatic carbocycles. The minimum Gasteiger partial charge on any atom is -0.618 e. The van der Waals surface area contributed by atoms with Crippen LogP contribution in [0.3, 0.4) is 0 Å².